The lowest BCUT2D eigenvalue weighted by Crippen LogP contribution is -2.56. The summed E-state index contributed by atoms with van der Waals surface area (Å²) >= 11 is 0. The third kappa shape index (κ3) is 4.27. The molecular weight excluding hydrogens is 592 g/mol. The number of ether oxygens (including phenoxy) is 1. The summed E-state index contributed by atoms with van der Waals surface area (Å²) in [6.45, 7) is 1.96. The summed E-state index contributed by atoms with van der Waals surface area (Å²) in [5, 5.41) is 23.4. The van der Waals surface area contributed by atoms with E-state index in [9.17, 15) is 38.2 Å². The highest BCUT2D eigenvalue weighted by Gasteiger charge is 2.74. The van der Waals surface area contributed by atoms with Crippen molar-refractivity contribution in [3.8, 4) is 0 Å². The molecular formula is C30H28N4O9S. The fourth-order valence-corrected chi connectivity index (χ4v) is 9.17. The van der Waals surface area contributed by atoms with Crippen LogP contribution in [-0.4, -0.2) is 64.6 Å². The van der Waals surface area contributed by atoms with E-state index in [0.29, 0.717) is 12.0 Å². The number of nitro benzene ring substituents is 2. The molecule has 1 saturated carbocycles. The summed E-state index contributed by atoms with van der Waals surface area (Å²) < 4.78 is 35.1. The predicted octanol–water partition coefficient (Wildman–Crippen LogP) is 4.02. The average Bonchev–Trinajstić information content (AvgIpc) is 3.68. The smallest absolute Gasteiger partial charge is 0.332 e. The first-order valence-electron chi connectivity index (χ1n) is 13.9. The molecule has 0 bridgehead atoms. The van der Waals surface area contributed by atoms with E-state index in [4.69, 9.17) is 4.74 Å². The lowest BCUT2D eigenvalue weighted by atomic mass is 9.82. The van der Waals surface area contributed by atoms with Gasteiger partial charge < -0.3 is 9.64 Å². The number of likely N-dealkylation sites (tertiary alicyclic amines) is 1. The molecule has 0 N–H and O–H groups in total. The summed E-state index contributed by atoms with van der Waals surface area (Å²) in [5.41, 5.74) is -1.92. The van der Waals surface area contributed by atoms with Crippen molar-refractivity contribution in [3.63, 3.8) is 0 Å². The molecule has 14 heteroatoms. The maximum Gasteiger partial charge on any atom is 0.332 e. The van der Waals surface area contributed by atoms with Gasteiger partial charge in [-0.3, -0.25) is 25.0 Å². The molecule has 0 aromatic heterocycles. The Bertz CT molecular complexity index is 1770. The van der Waals surface area contributed by atoms with Gasteiger partial charge in [-0.1, -0.05) is 48.0 Å². The van der Waals surface area contributed by atoms with Crippen LogP contribution in [0.1, 0.15) is 40.4 Å². The molecule has 3 aliphatic rings. The summed E-state index contributed by atoms with van der Waals surface area (Å²) in [4.78, 5) is 51.5. The van der Waals surface area contributed by atoms with E-state index in [1.165, 1.54) is 28.4 Å². The molecule has 1 amide bonds. The lowest BCUT2D eigenvalue weighted by molar-refractivity contribution is -0.394. The van der Waals surface area contributed by atoms with E-state index in [2.05, 4.69) is 0 Å². The second-order valence-corrected chi connectivity index (χ2v) is 13.3. The van der Waals surface area contributed by atoms with Gasteiger partial charge in [0.05, 0.1) is 45.6 Å². The fraction of sp³-hybridized carbons (Fsp3) is 0.333. The first kappa shape index (κ1) is 29.4. The van der Waals surface area contributed by atoms with Crippen molar-refractivity contribution in [1.29, 1.82) is 0 Å². The number of sulfonamides is 1. The molecule has 3 aromatic carbocycles. The number of rotatable bonds is 7. The van der Waals surface area contributed by atoms with Crippen LogP contribution in [0, 0.1) is 39.0 Å². The monoisotopic (exact) mass is 620 g/mol. The number of amides is 1. The highest BCUT2D eigenvalue weighted by Crippen LogP contribution is 2.63. The molecule has 13 nitrogen and oxygen atoms in total. The number of non-ortho nitro benzene ring substituents is 2. The zero-order valence-corrected chi connectivity index (χ0v) is 24.5. The Hall–Kier alpha value is -4.69. The molecule has 228 valence electrons. The van der Waals surface area contributed by atoms with Crippen molar-refractivity contribution < 1.29 is 32.6 Å². The Labute approximate surface area is 252 Å². The van der Waals surface area contributed by atoms with E-state index in [1.54, 1.807) is 42.5 Å². The van der Waals surface area contributed by atoms with Crippen LogP contribution in [0.5, 0.6) is 0 Å². The van der Waals surface area contributed by atoms with Crippen molar-refractivity contribution in [2.45, 2.75) is 42.3 Å². The number of nitrogens with zero attached hydrogens (tertiary/aromatic N) is 4. The number of benzene rings is 3. The minimum atomic E-state index is -4.12. The number of nitro groups is 2. The van der Waals surface area contributed by atoms with Gasteiger partial charge in [0.2, 0.25) is 10.0 Å². The van der Waals surface area contributed by atoms with E-state index in [-0.39, 0.29) is 29.3 Å². The maximum absolute atomic E-state index is 14.6. The van der Waals surface area contributed by atoms with E-state index in [1.807, 2.05) is 6.92 Å². The highest BCUT2D eigenvalue weighted by molar-refractivity contribution is 7.89. The normalized spacial score (nSPS) is 25.9. The number of hydrogen-bond acceptors (Lipinski definition) is 9. The minimum absolute atomic E-state index is 0.0673. The number of carbonyl (C=O) groups excluding carboxylic acids is 2. The number of aryl methyl sites for hydroxylation is 1. The summed E-state index contributed by atoms with van der Waals surface area (Å²) in [6, 6.07) is 15.8. The van der Waals surface area contributed by atoms with Gasteiger partial charge in [0.25, 0.3) is 17.3 Å². The van der Waals surface area contributed by atoms with Gasteiger partial charge in [0.15, 0.2) is 0 Å². The lowest BCUT2D eigenvalue weighted by Gasteiger charge is -2.39. The van der Waals surface area contributed by atoms with Crippen LogP contribution in [0.15, 0.2) is 77.7 Å². The van der Waals surface area contributed by atoms with E-state index < -0.39 is 66.7 Å². The number of methoxy groups -OCH3 is 1. The topological polar surface area (TPSA) is 170 Å². The zero-order chi connectivity index (χ0) is 31.6. The van der Waals surface area contributed by atoms with Crippen LogP contribution in [-0.2, 0) is 19.6 Å². The van der Waals surface area contributed by atoms with Crippen molar-refractivity contribution in [2.75, 3.05) is 13.7 Å². The Morgan fingerprint density at radius 1 is 0.955 bits per heavy atom. The summed E-state index contributed by atoms with van der Waals surface area (Å²) in [6.07, 6.45) is 0.576. The molecule has 44 heavy (non-hydrogen) atoms. The molecule has 2 aliphatic heterocycles. The van der Waals surface area contributed by atoms with Crippen LogP contribution in [0.2, 0.25) is 0 Å². The van der Waals surface area contributed by atoms with Gasteiger partial charge in [0.1, 0.15) is 5.54 Å². The summed E-state index contributed by atoms with van der Waals surface area (Å²) in [5.74, 6) is -2.59. The Morgan fingerprint density at radius 3 is 2.14 bits per heavy atom. The third-order valence-corrected chi connectivity index (χ3v) is 11.1. The Kier molecular flexibility index (Phi) is 7.00. The molecule has 5 atom stereocenters. The molecule has 1 aliphatic carbocycles. The largest absolute Gasteiger partial charge is 0.467 e. The van der Waals surface area contributed by atoms with Crippen molar-refractivity contribution in [1.82, 2.24) is 9.21 Å². The molecule has 3 aromatic rings. The molecule has 3 fully saturated rings. The third-order valence-electron chi connectivity index (χ3n) is 9.20. The van der Waals surface area contributed by atoms with Crippen LogP contribution in [0.4, 0.5) is 11.4 Å². The van der Waals surface area contributed by atoms with E-state index in [0.717, 1.165) is 23.8 Å². The maximum atomic E-state index is 14.6. The Balaban J connectivity index is 1.59. The molecule has 2 saturated heterocycles. The number of hydrogen-bond donors (Lipinski definition) is 0. The molecule has 0 spiro atoms. The van der Waals surface area contributed by atoms with Crippen LogP contribution < -0.4 is 0 Å². The zero-order valence-electron chi connectivity index (χ0n) is 23.7. The average molecular weight is 621 g/mol. The van der Waals surface area contributed by atoms with Gasteiger partial charge >= 0.3 is 5.97 Å². The first-order chi connectivity index (χ1) is 20.9. The van der Waals surface area contributed by atoms with Gasteiger partial charge in [-0.25, -0.2) is 13.2 Å². The Morgan fingerprint density at radius 2 is 1.57 bits per heavy atom. The molecule has 6 rings (SSSR count). The molecule has 0 unspecified atom stereocenters. The quantitative estimate of drug-likeness (QED) is 0.215. The second-order valence-electron chi connectivity index (χ2n) is 11.4. The van der Waals surface area contributed by atoms with Crippen molar-refractivity contribution >= 4 is 33.3 Å². The SMILES string of the molecule is COC(=O)[C@]12CC[C@H]3CN(S(=O)(=O)c4ccc(C)cc4)[C@H]([C@H]31)[C@H](c1ccccc1)N2C(=O)c1cc([N+](=O)[O-])cc([N+](=O)[O-])c1. The van der Waals surface area contributed by atoms with Gasteiger partial charge in [-0.05, 0) is 43.4 Å². The molecule has 2 heterocycles. The van der Waals surface area contributed by atoms with Crippen LogP contribution in [0.3, 0.4) is 0 Å². The van der Waals surface area contributed by atoms with E-state index >= 15 is 0 Å². The van der Waals surface area contributed by atoms with Crippen LogP contribution in [0.25, 0.3) is 0 Å². The fourth-order valence-electron chi connectivity index (χ4n) is 7.47. The standard InChI is InChI=1S/C30H28N4O9S/c1-18-8-10-24(11-9-18)44(41,42)31-17-20-12-13-30(29(36)43-2)25(20)27(31)26(19-6-4-3-5-7-19)32(30)28(35)21-14-22(33(37)38)16-23(15-21)34(39)40/h3-11,14-16,20,25-27H,12-13,17H2,1-2H3/t20-,25-,26-,27+,30-/m0/s1. The van der Waals surface area contributed by atoms with Gasteiger partial charge in [-0.15, -0.1) is 0 Å². The first-order valence-corrected chi connectivity index (χ1v) is 15.3. The molecule has 0 radical (unpaired) electrons. The highest BCUT2D eigenvalue weighted by atomic mass is 32.2. The number of carbonyl (C=O) groups is 2. The minimum Gasteiger partial charge on any atom is -0.467 e. The van der Waals surface area contributed by atoms with Crippen LogP contribution >= 0.6 is 0 Å². The van der Waals surface area contributed by atoms with Gasteiger partial charge in [-0.2, -0.15) is 4.31 Å². The van der Waals surface area contributed by atoms with Crippen molar-refractivity contribution in [3.05, 3.63) is 110 Å². The second kappa shape index (κ2) is 10.5. The number of esters is 1. The van der Waals surface area contributed by atoms with Crippen molar-refractivity contribution in [2.24, 2.45) is 11.8 Å². The predicted molar refractivity (Wildman–Crippen MR) is 155 cm³/mol. The van der Waals surface area contributed by atoms with Gasteiger partial charge in [0, 0.05) is 24.6 Å². The summed E-state index contributed by atoms with van der Waals surface area (Å²) in [7, 11) is -2.93.